The lowest BCUT2D eigenvalue weighted by atomic mass is 10.0. The number of amides is 2. The third-order valence-corrected chi connectivity index (χ3v) is 4.67. The Morgan fingerprint density at radius 2 is 2.00 bits per heavy atom. The predicted molar refractivity (Wildman–Crippen MR) is 87.4 cm³/mol. The van der Waals surface area contributed by atoms with Crippen molar-refractivity contribution in [2.75, 3.05) is 31.1 Å². The lowest BCUT2D eigenvalue weighted by molar-refractivity contribution is -0.119. The van der Waals surface area contributed by atoms with Gasteiger partial charge in [0, 0.05) is 25.7 Å². The van der Waals surface area contributed by atoms with Crippen LogP contribution in [0.2, 0.25) is 0 Å². The van der Waals surface area contributed by atoms with Crippen molar-refractivity contribution in [3.05, 3.63) is 30.3 Å². The number of ether oxygens (including phenoxy) is 1. The van der Waals surface area contributed by atoms with E-state index in [0.29, 0.717) is 31.6 Å². The molecule has 6 nitrogen and oxygen atoms in total. The minimum atomic E-state index is -0.829. The smallest absolute Gasteiger partial charge is 0.416 e. The van der Waals surface area contributed by atoms with E-state index in [1.54, 1.807) is 4.90 Å². The molecule has 1 aromatic carbocycles. The fraction of sp³-hybridized carbons (Fsp3) is 0.529. The second-order valence-electron chi connectivity index (χ2n) is 6.28. The summed E-state index contributed by atoms with van der Waals surface area (Å²) in [5.41, 5.74) is -0.128. The van der Waals surface area contributed by atoms with E-state index in [4.69, 9.17) is 4.74 Å². The molecule has 2 saturated heterocycles. The average molecular weight is 335 g/mol. The summed E-state index contributed by atoms with van der Waals surface area (Å²) in [4.78, 5) is 27.5. The van der Waals surface area contributed by atoms with Crippen molar-refractivity contribution in [1.29, 1.82) is 0 Å². The number of nitrogens with one attached hydrogen (secondary N) is 1. The number of rotatable bonds is 4. The number of para-hydroxylation sites is 1. The maximum absolute atomic E-state index is 13.6. The Hall–Kier alpha value is -2.15. The molecule has 1 N–H and O–H groups in total. The van der Waals surface area contributed by atoms with E-state index in [-0.39, 0.29) is 19.1 Å². The van der Waals surface area contributed by atoms with Crippen LogP contribution in [0.25, 0.3) is 0 Å². The summed E-state index contributed by atoms with van der Waals surface area (Å²) in [6.45, 7) is 2.84. The summed E-state index contributed by atoms with van der Waals surface area (Å²) >= 11 is 0. The number of likely N-dealkylation sites (tertiary alicyclic amines) is 1. The molecule has 0 aromatic heterocycles. The summed E-state index contributed by atoms with van der Waals surface area (Å²) < 4.78 is 18.9. The van der Waals surface area contributed by atoms with Gasteiger partial charge >= 0.3 is 6.09 Å². The fourth-order valence-electron chi connectivity index (χ4n) is 3.40. The number of carbonyl (C=O) groups is 2. The van der Waals surface area contributed by atoms with Gasteiger partial charge in [-0.15, -0.1) is 0 Å². The van der Waals surface area contributed by atoms with Crippen LogP contribution in [0.15, 0.2) is 30.3 Å². The normalized spacial score (nSPS) is 25.6. The van der Waals surface area contributed by atoms with Crippen LogP contribution >= 0.6 is 0 Å². The van der Waals surface area contributed by atoms with Gasteiger partial charge in [0.1, 0.15) is 12.8 Å². The molecule has 2 fully saturated rings. The summed E-state index contributed by atoms with van der Waals surface area (Å²) in [6, 6.07) is 9.22. The Morgan fingerprint density at radius 3 is 2.62 bits per heavy atom. The van der Waals surface area contributed by atoms with Crippen LogP contribution in [-0.4, -0.2) is 55.0 Å². The summed E-state index contributed by atoms with van der Waals surface area (Å²) in [7, 11) is 0. The first-order valence-electron chi connectivity index (χ1n) is 8.18. The first-order chi connectivity index (χ1) is 11.5. The Morgan fingerprint density at radius 1 is 1.33 bits per heavy atom. The van der Waals surface area contributed by atoms with Crippen molar-refractivity contribution >= 4 is 17.7 Å². The van der Waals surface area contributed by atoms with Gasteiger partial charge in [-0.2, -0.15) is 0 Å². The molecule has 1 atom stereocenters. The van der Waals surface area contributed by atoms with Crippen LogP contribution in [0.3, 0.4) is 0 Å². The van der Waals surface area contributed by atoms with Crippen LogP contribution in [0, 0.1) is 0 Å². The molecule has 2 amide bonds. The van der Waals surface area contributed by atoms with E-state index in [1.807, 2.05) is 30.3 Å². The van der Waals surface area contributed by atoms with Crippen LogP contribution in [-0.2, 0) is 9.53 Å². The van der Waals surface area contributed by atoms with Gasteiger partial charge in [-0.1, -0.05) is 18.2 Å². The van der Waals surface area contributed by atoms with E-state index in [1.165, 1.54) is 6.92 Å². The Labute approximate surface area is 140 Å². The maximum atomic E-state index is 13.6. The van der Waals surface area contributed by atoms with Crippen molar-refractivity contribution < 1.29 is 18.7 Å². The quantitative estimate of drug-likeness (QED) is 0.913. The second-order valence-corrected chi connectivity index (χ2v) is 6.28. The van der Waals surface area contributed by atoms with Crippen molar-refractivity contribution in [3.63, 3.8) is 0 Å². The Bertz CT molecular complexity index is 604. The average Bonchev–Trinajstić information content (AvgIpc) is 2.92. The number of alkyl halides is 1. The topological polar surface area (TPSA) is 61.9 Å². The molecular weight excluding hydrogens is 313 g/mol. The van der Waals surface area contributed by atoms with Gasteiger partial charge in [-0.05, 0) is 25.0 Å². The molecule has 0 radical (unpaired) electrons. The van der Waals surface area contributed by atoms with Gasteiger partial charge in [0.25, 0.3) is 0 Å². The number of nitrogens with zero attached hydrogens (tertiary/aromatic N) is 2. The summed E-state index contributed by atoms with van der Waals surface area (Å²) in [5.74, 6) is -0.179. The molecule has 1 aromatic rings. The molecule has 1 unspecified atom stereocenters. The molecule has 24 heavy (non-hydrogen) atoms. The lowest BCUT2D eigenvalue weighted by Gasteiger charge is -2.46. The Kier molecular flexibility index (Phi) is 4.71. The number of hydrogen-bond donors (Lipinski definition) is 1. The highest BCUT2D eigenvalue weighted by atomic mass is 19.1. The van der Waals surface area contributed by atoms with Crippen molar-refractivity contribution in [2.45, 2.75) is 31.6 Å². The molecule has 2 aliphatic heterocycles. The Balaban J connectivity index is 1.96. The lowest BCUT2D eigenvalue weighted by Crippen LogP contribution is -2.67. The van der Waals surface area contributed by atoms with Gasteiger partial charge in [0.15, 0.2) is 5.66 Å². The van der Waals surface area contributed by atoms with Gasteiger partial charge in [-0.25, -0.2) is 9.18 Å². The number of anilines is 1. The van der Waals surface area contributed by atoms with E-state index in [0.717, 1.165) is 0 Å². The van der Waals surface area contributed by atoms with Crippen molar-refractivity contribution in [3.8, 4) is 0 Å². The number of carbonyl (C=O) groups excluding carboxylic acids is 2. The van der Waals surface area contributed by atoms with E-state index >= 15 is 0 Å². The van der Waals surface area contributed by atoms with Crippen LogP contribution in [0.1, 0.15) is 19.8 Å². The van der Waals surface area contributed by atoms with Gasteiger partial charge < -0.3 is 10.1 Å². The summed E-state index contributed by atoms with van der Waals surface area (Å²) in [5, 5.41) is 2.81. The predicted octanol–water partition coefficient (Wildman–Crippen LogP) is 1.91. The van der Waals surface area contributed by atoms with E-state index in [9.17, 15) is 14.0 Å². The highest BCUT2D eigenvalue weighted by Gasteiger charge is 2.53. The number of benzene rings is 1. The standard InChI is InChI=1S/C17H22FN3O3/c1-13(22)19-11-17(20-9-7-14(18)8-10-20)12-24-16(23)21(17)15-5-3-2-4-6-15/h2-6,14H,7-12H2,1H3,(H,19,22). The number of piperidine rings is 1. The summed E-state index contributed by atoms with van der Waals surface area (Å²) in [6.07, 6.45) is -0.437. The molecule has 0 aliphatic carbocycles. The molecule has 2 heterocycles. The fourth-order valence-corrected chi connectivity index (χ4v) is 3.40. The second kappa shape index (κ2) is 6.76. The highest BCUT2D eigenvalue weighted by molar-refractivity contribution is 5.91. The van der Waals surface area contributed by atoms with E-state index in [2.05, 4.69) is 10.2 Å². The molecule has 0 saturated carbocycles. The molecule has 0 spiro atoms. The molecule has 0 bridgehead atoms. The molecule has 2 aliphatic rings. The van der Waals surface area contributed by atoms with Gasteiger partial charge in [0.2, 0.25) is 5.91 Å². The largest absolute Gasteiger partial charge is 0.445 e. The molecule has 7 heteroatoms. The SMILES string of the molecule is CC(=O)NCC1(N2CCC(F)CC2)COC(=O)N1c1ccccc1. The zero-order chi connectivity index (χ0) is 17.2. The zero-order valence-electron chi connectivity index (χ0n) is 13.7. The molecular formula is C17H22FN3O3. The highest BCUT2D eigenvalue weighted by Crippen LogP contribution is 2.35. The minimum Gasteiger partial charge on any atom is -0.445 e. The van der Waals surface area contributed by atoms with Gasteiger partial charge in [0.05, 0.1) is 6.54 Å². The monoisotopic (exact) mass is 335 g/mol. The molecule has 3 rings (SSSR count). The number of halogens is 1. The third kappa shape index (κ3) is 3.08. The third-order valence-electron chi connectivity index (χ3n) is 4.67. The number of hydrogen-bond acceptors (Lipinski definition) is 4. The van der Waals surface area contributed by atoms with Gasteiger partial charge in [-0.3, -0.25) is 14.6 Å². The zero-order valence-corrected chi connectivity index (χ0v) is 13.7. The number of cyclic esters (lactones) is 1. The van der Waals surface area contributed by atoms with E-state index < -0.39 is 17.9 Å². The first kappa shape index (κ1) is 16.7. The van der Waals surface area contributed by atoms with Crippen molar-refractivity contribution in [2.24, 2.45) is 0 Å². The minimum absolute atomic E-state index is 0.137. The van der Waals surface area contributed by atoms with Crippen LogP contribution in [0.4, 0.5) is 14.9 Å². The van der Waals surface area contributed by atoms with Crippen LogP contribution in [0.5, 0.6) is 0 Å². The first-order valence-corrected chi connectivity index (χ1v) is 8.18. The maximum Gasteiger partial charge on any atom is 0.416 e. The molecule has 130 valence electrons. The van der Waals surface area contributed by atoms with Crippen molar-refractivity contribution in [1.82, 2.24) is 10.2 Å². The van der Waals surface area contributed by atoms with Crippen LogP contribution < -0.4 is 10.2 Å².